The van der Waals surface area contributed by atoms with Gasteiger partial charge in [0, 0.05) is 13.0 Å². The molecule has 0 aliphatic carbocycles. The van der Waals surface area contributed by atoms with Crippen molar-refractivity contribution in [2.24, 2.45) is 5.10 Å². The van der Waals surface area contributed by atoms with Crippen LogP contribution in [0.2, 0.25) is 5.02 Å². The third-order valence-corrected chi connectivity index (χ3v) is 4.14. The maximum atomic E-state index is 11.9. The Kier molecular flexibility index (Phi) is 5.20. The third-order valence-electron chi connectivity index (χ3n) is 3.86. The van der Waals surface area contributed by atoms with Gasteiger partial charge in [-0.05, 0) is 30.5 Å². The molecule has 2 aliphatic heterocycles. The predicted molar refractivity (Wildman–Crippen MR) is 88.4 cm³/mol. The topological polar surface area (TPSA) is 80.2 Å². The number of likely N-dealkylation sites (tertiary alicyclic amines) is 1. The van der Waals surface area contributed by atoms with Crippen LogP contribution in [0, 0.1) is 0 Å². The molecule has 1 fully saturated rings. The van der Waals surface area contributed by atoms with E-state index in [2.05, 4.69) is 10.5 Å². The van der Waals surface area contributed by atoms with Gasteiger partial charge in [-0.2, -0.15) is 5.10 Å². The summed E-state index contributed by atoms with van der Waals surface area (Å²) in [6.07, 6.45) is 4.81. The molecule has 2 aliphatic rings. The first kappa shape index (κ1) is 16.6. The highest BCUT2D eigenvalue weighted by Crippen LogP contribution is 2.39. The first-order valence-electron chi connectivity index (χ1n) is 7.82. The molecule has 2 amide bonds. The molecule has 128 valence electrons. The van der Waals surface area contributed by atoms with Crippen molar-refractivity contribution < 1.29 is 19.1 Å². The quantitative estimate of drug-likeness (QED) is 0.664. The standard InChI is InChI=1S/C16H18ClN3O4/c17-12-6-11(7-13-16(12)24-10-23-13)8-18-19-14(21)9-20-5-3-1-2-4-15(20)22/h6-8H,1-5,9-10H2,(H,19,21)/b18-8-. The number of hydrazone groups is 1. The van der Waals surface area contributed by atoms with Crippen LogP contribution < -0.4 is 14.9 Å². The van der Waals surface area contributed by atoms with Crippen molar-refractivity contribution in [3.63, 3.8) is 0 Å². The van der Waals surface area contributed by atoms with E-state index >= 15 is 0 Å². The number of fused-ring (bicyclic) bond motifs is 1. The Labute approximate surface area is 144 Å². The Balaban J connectivity index is 1.55. The molecule has 0 aromatic heterocycles. The van der Waals surface area contributed by atoms with Crippen LogP contribution in [0.25, 0.3) is 0 Å². The van der Waals surface area contributed by atoms with Gasteiger partial charge in [-0.15, -0.1) is 0 Å². The van der Waals surface area contributed by atoms with Gasteiger partial charge in [-0.25, -0.2) is 5.43 Å². The van der Waals surface area contributed by atoms with Crippen LogP contribution in [0.4, 0.5) is 0 Å². The van der Waals surface area contributed by atoms with Crippen LogP contribution >= 0.6 is 11.6 Å². The van der Waals surface area contributed by atoms with E-state index in [-0.39, 0.29) is 25.2 Å². The maximum Gasteiger partial charge on any atom is 0.259 e. The highest BCUT2D eigenvalue weighted by molar-refractivity contribution is 6.32. The number of nitrogens with zero attached hydrogens (tertiary/aromatic N) is 2. The first-order valence-corrected chi connectivity index (χ1v) is 8.20. The Bertz CT molecular complexity index is 678. The van der Waals surface area contributed by atoms with E-state index in [0.29, 0.717) is 35.1 Å². The number of amides is 2. The van der Waals surface area contributed by atoms with Gasteiger partial charge < -0.3 is 14.4 Å². The molecule has 1 aromatic rings. The summed E-state index contributed by atoms with van der Waals surface area (Å²) in [4.78, 5) is 25.4. The van der Waals surface area contributed by atoms with E-state index in [4.69, 9.17) is 21.1 Å². The van der Waals surface area contributed by atoms with Gasteiger partial charge in [0.25, 0.3) is 5.91 Å². The van der Waals surface area contributed by atoms with Crippen molar-refractivity contribution in [2.75, 3.05) is 19.9 Å². The van der Waals surface area contributed by atoms with E-state index in [1.165, 1.54) is 6.21 Å². The van der Waals surface area contributed by atoms with Crippen LogP contribution in [0.3, 0.4) is 0 Å². The van der Waals surface area contributed by atoms with Crippen molar-refractivity contribution in [2.45, 2.75) is 25.7 Å². The summed E-state index contributed by atoms with van der Waals surface area (Å²) < 4.78 is 10.5. The number of hydrogen-bond donors (Lipinski definition) is 1. The molecule has 0 unspecified atom stereocenters. The van der Waals surface area contributed by atoms with E-state index in [0.717, 1.165) is 19.3 Å². The summed E-state index contributed by atoms with van der Waals surface area (Å²) in [6.45, 7) is 0.780. The zero-order valence-electron chi connectivity index (χ0n) is 13.1. The molecule has 0 saturated carbocycles. The number of halogens is 1. The van der Waals surface area contributed by atoms with Gasteiger partial charge in [-0.3, -0.25) is 9.59 Å². The smallest absolute Gasteiger partial charge is 0.259 e. The highest BCUT2D eigenvalue weighted by atomic mass is 35.5. The Morgan fingerprint density at radius 3 is 3.08 bits per heavy atom. The second-order valence-electron chi connectivity index (χ2n) is 5.66. The van der Waals surface area contributed by atoms with E-state index in [1.54, 1.807) is 17.0 Å². The minimum atomic E-state index is -0.326. The Morgan fingerprint density at radius 2 is 2.21 bits per heavy atom. The number of carbonyl (C=O) groups is 2. The lowest BCUT2D eigenvalue weighted by Crippen LogP contribution is -2.39. The average Bonchev–Trinajstić information content (AvgIpc) is 2.93. The van der Waals surface area contributed by atoms with E-state index < -0.39 is 0 Å². The number of rotatable bonds is 4. The third kappa shape index (κ3) is 3.97. The summed E-state index contributed by atoms with van der Waals surface area (Å²) in [5, 5.41) is 4.33. The number of hydrogen-bond acceptors (Lipinski definition) is 5. The van der Waals surface area contributed by atoms with Gasteiger partial charge in [0.05, 0.1) is 11.2 Å². The zero-order chi connectivity index (χ0) is 16.9. The van der Waals surface area contributed by atoms with Crippen LogP contribution in [-0.4, -0.2) is 42.8 Å². The summed E-state index contributed by atoms with van der Waals surface area (Å²) in [7, 11) is 0. The SMILES string of the molecule is O=C(CN1CCCCCC1=O)N/N=C\c1cc(Cl)c2c(c1)OCO2. The van der Waals surface area contributed by atoms with Crippen molar-refractivity contribution in [1.29, 1.82) is 0 Å². The number of benzene rings is 1. The van der Waals surface area contributed by atoms with Crippen molar-refractivity contribution >= 4 is 29.6 Å². The summed E-state index contributed by atoms with van der Waals surface area (Å²) in [5.41, 5.74) is 3.10. The molecule has 2 heterocycles. The van der Waals surface area contributed by atoms with E-state index in [9.17, 15) is 9.59 Å². The average molecular weight is 352 g/mol. The Morgan fingerprint density at radius 1 is 1.33 bits per heavy atom. The maximum absolute atomic E-state index is 11.9. The molecular formula is C16H18ClN3O4. The normalized spacial score (nSPS) is 17.2. The van der Waals surface area contributed by atoms with Gasteiger partial charge in [0.2, 0.25) is 12.7 Å². The van der Waals surface area contributed by atoms with Gasteiger partial charge in [-0.1, -0.05) is 18.0 Å². The van der Waals surface area contributed by atoms with Crippen LogP contribution in [0.15, 0.2) is 17.2 Å². The van der Waals surface area contributed by atoms with Crippen LogP contribution in [0.5, 0.6) is 11.5 Å². The lowest BCUT2D eigenvalue weighted by molar-refractivity contribution is -0.135. The number of ether oxygens (including phenoxy) is 2. The van der Waals surface area contributed by atoms with Gasteiger partial charge in [0.15, 0.2) is 11.5 Å². The molecule has 8 heteroatoms. The predicted octanol–water partition coefficient (Wildman–Crippen LogP) is 1.92. The molecule has 0 atom stereocenters. The molecule has 1 aromatic carbocycles. The van der Waals surface area contributed by atoms with E-state index in [1.807, 2.05) is 0 Å². The minimum Gasteiger partial charge on any atom is -0.454 e. The lowest BCUT2D eigenvalue weighted by atomic mass is 10.2. The van der Waals surface area contributed by atoms with Crippen molar-refractivity contribution in [3.8, 4) is 11.5 Å². The lowest BCUT2D eigenvalue weighted by Gasteiger charge is -2.18. The fraction of sp³-hybridized carbons (Fsp3) is 0.438. The van der Waals surface area contributed by atoms with Crippen molar-refractivity contribution in [3.05, 3.63) is 22.7 Å². The molecule has 1 saturated heterocycles. The molecule has 0 bridgehead atoms. The molecule has 7 nitrogen and oxygen atoms in total. The first-order chi connectivity index (χ1) is 11.6. The fourth-order valence-electron chi connectivity index (χ4n) is 2.66. The second kappa shape index (κ2) is 7.53. The second-order valence-corrected chi connectivity index (χ2v) is 6.06. The van der Waals surface area contributed by atoms with Gasteiger partial charge in [0.1, 0.15) is 6.54 Å². The van der Waals surface area contributed by atoms with Crippen LogP contribution in [0.1, 0.15) is 31.2 Å². The van der Waals surface area contributed by atoms with Gasteiger partial charge >= 0.3 is 0 Å². The van der Waals surface area contributed by atoms with Crippen molar-refractivity contribution in [1.82, 2.24) is 10.3 Å². The zero-order valence-corrected chi connectivity index (χ0v) is 13.8. The summed E-state index contributed by atoms with van der Waals surface area (Å²) in [6, 6.07) is 3.39. The Hall–Kier alpha value is -2.28. The summed E-state index contributed by atoms with van der Waals surface area (Å²) >= 11 is 6.08. The molecule has 1 N–H and O–H groups in total. The number of carbonyl (C=O) groups excluding carboxylic acids is 2. The monoisotopic (exact) mass is 351 g/mol. The summed E-state index contributed by atoms with van der Waals surface area (Å²) in [5.74, 6) is 0.755. The number of nitrogens with one attached hydrogen (secondary N) is 1. The highest BCUT2D eigenvalue weighted by Gasteiger charge is 2.19. The molecule has 24 heavy (non-hydrogen) atoms. The molecule has 0 spiro atoms. The minimum absolute atomic E-state index is 0.0224. The molecular weight excluding hydrogens is 334 g/mol. The fourth-order valence-corrected chi connectivity index (χ4v) is 2.93. The molecule has 3 rings (SSSR count). The largest absolute Gasteiger partial charge is 0.454 e. The molecule has 0 radical (unpaired) electrons. The van der Waals surface area contributed by atoms with Crippen LogP contribution in [-0.2, 0) is 9.59 Å².